The average Bonchev–Trinajstić information content (AvgIpc) is 2.72. The van der Waals surface area contributed by atoms with Crippen LogP contribution in [-0.4, -0.2) is 8.42 Å². The van der Waals surface area contributed by atoms with Crippen LogP contribution in [0.4, 0.5) is 10.1 Å². The van der Waals surface area contributed by atoms with Crippen molar-refractivity contribution in [1.29, 1.82) is 0 Å². The minimum atomic E-state index is -3.77. The number of hydrogen-bond donors (Lipinski definition) is 1. The molecule has 0 radical (unpaired) electrons. The molecule has 0 unspecified atom stereocenters. The molecular formula is C10H5BrCl2FNO2S2. The molecular weight excluding hydrogens is 400 g/mol. The molecule has 0 amide bonds. The molecule has 0 fully saturated rings. The van der Waals surface area contributed by atoms with Crippen molar-refractivity contribution >= 4 is 66.2 Å². The van der Waals surface area contributed by atoms with E-state index in [0.29, 0.717) is 4.47 Å². The minimum Gasteiger partial charge on any atom is -0.279 e. The molecule has 0 saturated carbocycles. The van der Waals surface area contributed by atoms with Gasteiger partial charge in [-0.15, -0.1) is 11.3 Å². The fraction of sp³-hybridized carbons (Fsp3) is 0. The summed E-state index contributed by atoms with van der Waals surface area (Å²) < 4.78 is 40.2. The van der Waals surface area contributed by atoms with Gasteiger partial charge in [-0.25, -0.2) is 12.8 Å². The Labute approximate surface area is 131 Å². The van der Waals surface area contributed by atoms with Crippen molar-refractivity contribution in [3.05, 3.63) is 43.9 Å². The van der Waals surface area contributed by atoms with Gasteiger partial charge in [0.2, 0.25) is 0 Å². The number of anilines is 1. The molecule has 0 spiro atoms. The summed E-state index contributed by atoms with van der Waals surface area (Å²) in [4.78, 5) is 0. The summed E-state index contributed by atoms with van der Waals surface area (Å²) in [5.41, 5.74) is 0.0942. The molecule has 0 saturated heterocycles. The standard InChI is InChI=1S/C10H5BrCl2FNO2S2/c11-6-1-2-18-10(6)19(16,17)15-5-3-7(12)9(14)8(13)4-5/h1-4,15H. The third-order valence-corrected chi connectivity index (χ3v) is 6.67. The van der Waals surface area contributed by atoms with Crippen LogP contribution in [0.25, 0.3) is 0 Å². The second kappa shape index (κ2) is 5.57. The number of thiophene rings is 1. The lowest BCUT2D eigenvalue weighted by atomic mass is 10.3. The Bertz CT molecular complexity index is 710. The van der Waals surface area contributed by atoms with Gasteiger partial charge in [-0.1, -0.05) is 23.2 Å². The Morgan fingerprint density at radius 3 is 2.32 bits per heavy atom. The van der Waals surface area contributed by atoms with Crippen molar-refractivity contribution in [3.63, 3.8) is 0 Å². The van der Waals surface area contributed by atoms with Crippen LogP contribution >= 0.6 is 50.5 Å². The fourth-order valence-corrected chi connectivity index (χ4v) is 5.15. The predicted molar refractivity (Wildman–Crippen MR) is 79.2 cm³/mol. The lowest BCUT2D eigenvalue weighted by Crippen LogP contribution is -2.12. The summed E-state index contributed by atoms with van der Waals surface area (Å²) in [5.74, 6) is -0.788. The molecule has 0 bridgehead atoms. The smallest absolute Gasteiger partial charge is 0.272 e. The second-order valence-electron chi connectivity index (χ2n) is 3.42. The van der Waals surface area contributed by atoms with Crippen molar-refractivity contribution in [3.8, 4) is 0 Å². The summed E-state index contributed by atoms with van der Waals surface area (Å²) in [6, 6.07) is 3.92. The molecule has 0 aliphatic carbocycles. The lowest BCUT2D eigenvalue weighted by molar-refractivity contribution is 0.602. The molecule has 3 nitrogen and oxygen atoms in total. The van der Waals surface area contributed by atoms with E-state index in [0.717, 1.165) is 23.5 Å². The Morgan fingerprint density at radius 2 is 1.84 bits per heavy atom. The first-order valence-electron chi connectivity index (χ1n) is 4.71. The van der Waals surface area contributed by atoms with E-state index in [9.17, 15) is 12.8 Å². The molecule has 19 heavy (non-hydrogen) atoms. The Hall–Kier alpha value is -0.340. The zero-order chi connectivity index (χ0) is 14.2. The molecule has 2 rings (SSSR count). The van der Waals surface area contributed by atoms with E-state index in [1.165, 1.54) is 0 Å². The van der Waals surface area contributed by atoms with Gasteiger partial charge in [0, 0.05) is 4.47 Å². The first-order valence-corrected chi connectivity index (χ1v) is 8.63. The van der Waals surface area contributed by atoms with Gasteiger partial charge in [-0.3, -0.25) is 4.72 Å². The van der Waals surface area contributed by atoms with Crippen LogP contribution in [-0.2, 0) is 10.0 Å². The number of sulfonamides is 1. The summed E-state index contributed by atoms with van der Waals surface area (Å²) >= 11 is 15.4. The number of benzene rings is 1. The normalized spacial score (nSPS) is 11.6. The lowest BCUT2D eigenvalue weighted by Gasteiger charge is -2.08. The van der Waals surface area contributed by atoms with Gasteiger partial charge in [0.05, 0.1) is 15.7 Å². The maximum absolute atomic E-state index is 13.2. The maximum Gasteiger partial charge on any atom is 0.272 e. The van der Waals surface area contributed by atoms with Crippen LogP contribution in [0.1, 0.15) is 0 Å². The number of hydrogen-bond acceptors (Lipinski definition) is 3. The molecule has 0 atom stereocenters. The molecule has 1 aromatic carbocycles. The summed E-state index contributed by atoms with van der Waals surface area (Å²) in [6.45, 7) is 0. The van der Waals surface area contributed by atoms with Crippen molar-refractivity contribution in [2.45, 2.75) is 4.21 Å². The second-order valence-corrected chi connectivity index (χ2v) is 7.88. The fourth-order valence-electron chi connectivity index (χ4n) is 1.29. The van der Waals surface area contributed by atoms with Crippen LogP contribution in [0, 0.1) is 5.82 Å². The first kappa shape index (κ1) is 15.1. The first-order chi connectivity index (χ1) is 8.81. The molecule has 0 aliphatic heterocycles. The van der Waals surface area contributed by atoms with Gasteiger partial charge in [0.15, 0.2) is 10.0 Å². The monoisotopic (exact) mass is 403 g/mol. The zero-order valence-electron chi connectivity index (χ0n) is 8.95. The average molecular weight is 405 g/mol. The van der Waals surface area contributed by atoms with Crippen molar-refractivity contribution in [2.75, 3.05) is 4.72 Å². The SMILES string of the molecule is O=S(=O)(Nc1cc(Cl)c(F)c(Cl)c1)c1sccc1Br. The molecule has 2 aromatic rings. The van der Waals surface area contributed by atoms with Gasteiger partial charge in [0.1, 0.15) is 0 Å². The summed E-state index contributed by atoms with van der Waals surface area (Å²) in [5, 5.41) is 1.12. The van der Waals surface area contributed by atoms with Gasteiger partial charge in [-0.05, 0) is 39.5 Å². The van der Waals surface area contributed by atoms with E-state index in [1.807, 2.05) is 0 Å². The predicted octanol–water partition coefficient (Wildman–Crippen LogP) is 4.76. The Balaban J connectivity index is 2.39. The molecule has 102 valence electrons. The number of nitrogens with one attached hydrogen (secondary N) is 1. The molecule has 1 heterocycles. The quantitative estimate of drug-likeness (QED) is 0.749. The van der Waals surface area contributed by atoms with E-state index in [4.69, 9.17) is 23.2 Å². The molecule has 0 aliphatic rings. The van der Waals surface area contributed by atoms with Crippen LogP contribution in [0.15, 0.2) is 32.3 Å². The van der Waals surface area contributed by atoms with Crippen LogP contribution in [0.5, 0.6) is 0 Å². The highest BCUT2D eigenvalue weighted by Crippen LogP contribution is 2.32. The van der Waals surface area contributed by atoms with Gasteiger partial charge < -0.3 is 0 Å². The third-order valence-electron chi connectivity index (χ3n) is 2.06. The topological polar surface area (TPSA) is 46.2 Å². The van der Waals surface area contributed by atoms with E-state index >= 15 is 0 Å². The minimum absolute atomic E-state index is 0.0942. The Kier molecular flexibility index (Phi) is 4.42. The summed E-state index contributed by atoms with van der Waals surface area (Å²) in [6.07, 6.45) is 0. The van der Waals surface area contributed by atoms with Gasteiger partial charge in [-0.2, -0.15) is 0 Å². The zero-order valence-corrected chi connectivity index (χ0v) is 13.7. The Morgan fingerprint density at radius 1 is 1.26 bits per heavy atom. The molecule has 1 N–H and O–H groups in total. The van der Waals surface area contributed by atoms with E-state index in [2.05, 4.69) is 20.7 Å². The molecule has 9 heteroatoms. The highest BCUT2D eigenvalue weighted by atomic mass is 79.9. The number of rotatable bonds is 3. The van der Waals surface area contributed by atoms with Crippen LogP contribution in [0.3, 0.4) is 0 Å². The third kappa shape index (κ3) is 3.22. The number of halogens is 4. The van der Waals surface area contributed by atoms with Gasteiger partial charge >= 0.3 is 0 Å². The van der Waals surface area contributed by atoms with Crippen LogP contribution < -0.4 is 4.72 Å². The highest BCUT2D eigenvalue weighted by molar-refractivity contribution is 9.10. The maximum atomic E-state index is 13.2. The molecule has 1 aromatic heterocycles. The van der Waals surface area contributed by atoms with Gasteiger partial charge in [0.25, 0.3) is 10.0 Å². The summed E-state index contributed by atoms with van der Waals surface area (Å²) in [7, 11) is -3.77. The van der Waals surface area contributed by atoms with Crippen molar-refractivity contribution in [1.82, 2.24) is 0 Å². The van der Waals surface area contributed by atoms with E-state index in [1.54, 1.807) is 11.4 Å². The van der Waals surface area contributed by atoms with E-state index < -0.39 is 15.8 Å². The highest BCUT2D eigenvalue weighted by Gasteiger charge is 2.20. The van der Waals surface area contributed by atoms with Crippen molar-refractivity contribution < 1.29 is 12.8 Å². The van der Waals surface area contributed by atoms with Crippen LogP contribution in [0.2, 0.25) is 10.0 Å². The largest absolute Gasteiger partial charge is 0.279 e. The van der Waals surface area contributed by atoms with Crippen molar-refractivity contribution in [2.24, 2.45) is 0 Å². The van der Waals surface area contributed by atoms with E-state index in [-0.39, 0.29) is 19.9 Å².